The predicted octanol–water partition coefficient (Wildman–Crippen LogP) is 3.89. The molecule has 0 bridgehead atoms. The standard InChI is InChI=1S/C19H23N3O5S/c1-4-26-16-9-6-13(10-18(16)27-5-2)12-20-19(28)21-15-8-7-14(22(23)24)11-17(15)25-3/h6-11H,4-5,12H2,1-3H3,(H2,20,21,28). The molecule has 0 unspecified atom stereocenters. The molecule has 2 rings (SSSR count). The van der Waals surface area contributed by atoms with E-state index in [4.69, 9.17) is 26.4 Å². The molecule has 8 nitrogen and oxygen atoms in total. The minimum absolute atomic E-state index is 0.0564. The fraction of sp³-hybridized carbons (Fsp3) is 0.316. The molecule has 0 spiro atoms. The highest BCUT2D eigenvalue weighted by molar-refractivity contribution is 7.80. The van der Waals surface area contributed by atoms with Crippen molar-refractivity contribution in [2.45, 2.75) is 20.4 Å². The number of rotatable bonds is 9. The summed E-state index contributed by atoms with van der Waals surface area (Å²) in [7, 11) is 1.44. The van der Waals surface area contributed by atoms with Gasteiger partial charge in [0.25, 0.3) is 5.69 Å². The average molecular weight is 405 g/mol. The van der Waals surface area contributed by atoms with Crippen LogP contribution in [-0.2, 0) is 6.54 Å². The maximum atomic E-state index is 10.9. The van der Waals surface area contributed by atoms with E-state index in [1.54, 1.807) is 6.07 Å². The lowest BCUT2D eigenvalue weighted by molar-refractivity contribution is -0.384. The van der Waals surface area contributed by atoms with Crippen LogP contribution in [0.2, 0.25) is 0 Å². The fourth-order valence-electron chi connectivity index (χ4n) is 2.45. The zero-order valence-corrected chi connectivity index (χ0v) is 16.8. The zero-order chi connectivity index (χ0) is 20.5. The predicted molar refractivity (Wildman–Crippen MR) is 111 cm³/mol. The summed E-state index contributed by atoms with van der Waals surface area (Å²) >= 11 is 5.31. The third-order valence-corrected chi connectivity index (χ3v) is 3.95. The number of nitrogens with zero attached hydrogens (tertiary/aromatic N) is 1. The molecule has 9 heteroatoms. The molecule has 0 aliphatic heterocycles. The molecule has 150 valence electrons. The molecule has 0 radical (unpaired) electrons. The smallest absolute Gasteiger partial charge is 0.273 e. The largest absolute Gasteiger partial charge is 0.494 e. The second-order valence-corrected chi connectivity index (χ2v) is 6.00. The van der Waals surface area contributed by atoms with Crippen molar-refractivity contribution in [1.82, 2.24) is 5.32 Å². The van der Waals surface area contributed by atoms with Gasteiger partial charge in [-0.25, -0.2) is 0 Å². The normalized spacial score (nSPS) is 10.1. The quantitative estimate of drug-likeness (QED) is 0.369. The molecule has 0 amide bonds. The van der Waals surface area contributed by atoms with Gasteiger partial charge in [0.2, 0.25) is 0 Å². The molecule has 0 fully saturated rings. The topological polar surface area (TPSA) is 94.9 Å². The molecule has 28 heavy (non-hydrogen) atoms. The van der Waals surface area contributed by atoms with Crippen LogP contribution in [0.15, 0.2) is 36.4 Å². The molecular formula is C19H23N3O5S. The van der Waals surface area contributed by atoms with E-state index < -0.39 is 4.92 Å². The highest BCUT2D eigenvalue weighted by Gasteiger charge is 2.12. The van der Waals surface area contributed by atoms with Crippen LogP contribution < -0.4 is 24.8 Å². The van der Waals surface area contributed by atoms with Gasteiger partial charge >= 0.3 is 0 Å². The number of nitro groups is 1. The van der Waals surface area contributed by atoms with Crippen molar-refractivity contribution in [3.63, 3.8) is 0 Å². The Morgan fingerprint density at radius 1 is 1.07 bits per heavy atom. The van der Waals surface area contributed by atoms with Gasteiger partial charge in [-0.1, -0.05) is 6.07 Å². The van der Waals surface area contributed by atoms with Crippen molar-refractivity contribution in [2.75, 3.05) is 25.6 Å². The van der Waals surface area contributed by atoms with E-state index in [1.165, 1.54) is 19.2 Å². The number of non-ortho nitro benzene ring substituents is 1. The second kappa shape index (κ2) is 10.3. The van der Waals surface area contributed by atoms with Crippen LogP contribution in [0, 0.1) is 10.1 Å². The number of hydrogen-bond acceptors (Lipinski definition) is 6. The Kier molecular flexibility index (Phi) is 7.82. The third-order valence-electron chi connectivity index (χ3n) is 3.71. The van der Waals surface area contributed by atoms with Gasteiger partial charge < -0.3 is 24.8 Å². The number of hydrogen-bond donors (Lipinski definition) is 2. The molecule has 2 N–H and O–H groups in total. The Labute approximate surface area is 168 Å². The summed E-state index contributed by atoms with van der Waals surface area (Å²) < 4.78 is 16.4. The Balaban J connectivity index is 2.02. The summed E-state index contributed by atoms with van der Waals surface area (Å²) in [5, 5.41) is 17.3. The summed E-state index contributed by atoms with van der Waals surface area (Å²) in [4.78, 5) is 10.4. The number of methoxy groups -OCH3 is 1. The maximum absolute atomic E-state index is 10.9. The first-order valence-corrected chi connectivity index (χ1v) is 9.15. The highest BCUT2D eigenvalue weighted by Crippen LogP contribution is 2.30. The minimum atomic E-state index is -0.481. The van der Waals surface area contributed by atoms with Crippen LogP contribution in [0.25, 0.3) is 0 Å². The summed E-state index contributed by atoms with van der Waals surface area (Å²) in [6.07, 6.45) is 0. The van der Waals surface area contributed by atoms with Crippen LogP contribution in [0.3, 0.4) is 0 Å². The van der Waals surface area contributed by atoms with Gasteiger partial charge in [-0.2, -0.15) is 0 Å². The molecule has 0 aliphatic rings. The van der Waals surface area contributed by atoms with Crippen LogP contribution in [0.1, 0.15) is 19.4 Å². The molecule has 0 saturated carbocycles. The monoisotopic (exact) mass is 405 g/mol. The zero-order valence-electron chi connectivity index (χ0n) is 16.0. The van der Waals surface area contributed by atoms with Gasteiger partial charge in [0, 0.05) is 12.6 Å². The molecule has 0 aliphatic carbocycles. The van der Waals surface area contributed by atoms with E-state index >= 15 is 0 Å². The van der Waals surface area contributed by atoms with Gasteiger partial charge in [0.05, 0.1) is 37.0 Å². The SMILES string of the molecule is CCOc1ccc(CNC(=S)Nc2ccc([N+](=O)[O-])cc2OC)cc1OCC. The van der Waals surface area contributed by atoms with Crippen molar-refractivity contribution in [1.29, 1.82) is 0 Å². The molecule has 0 atom stereocenters. The van der Waals surface area contributed by atoms with Gasteiger partial charge in [-0.3, -0.25) is 10.1 Å². The van der Waals surface area contributed by atoms with Gasteiger partial charge in [-0.15, -0.1) is 0 Å². The summed E-state index contributed by atoms with van der Waals surface area (Å²) in [5.74, 6) is 1.71. The fourth-order valence-corrected chi connectivity index (χ4v) is 2.63. The van der Waals surface area contributed by atoms with Gasteiger partial charge in [0.1, 0.15) is 5.75 Å². The first-order valence-electron chi connectivity index (χ1n) is 8.74. The van der Waals surface area contributed by atoms with Crippen molar-refractivity contribution in [3.8, 4) is 17.2 Å². The van der Waals surface area contributed by atoms with E-state index in [2.05, 4.69) is 10.6 Å². The number of nitrogens with one attached hydrogen (secondary N) is 2. The van der Waals surface area contributed by atoms with Crippen LogP contribution in [-0.4, -0.2) is 30.4 Å². The average Bonchev–Trinajstić information content (AvgIpc) is 2.68. The van der Waals surface area contributed by atoms with Crippen LogP contribution >= 0.6 is 12.2 Å². The Hall–Kier alpha value is -3.07. The maximum Gasteiger partial charge on any atom is 0.273 e. The minimum Gasteiger partial charge on any atom is -0.494 e. The lowest BCUT2D eigenvalue weighted by Gasteiger charge is -2.15. The van der Waals surface area contributed by atoms with Crippen molar-refractivity contribution < 1.29 is 19.1 Å². The Morgan fingerprint density at radius 3 is 2.43 bits per heavy atom. The van der Waals surface area contributed by atoms with Crippen LogP contribution in [0.5, 0.6) is 17.2 Å². The Morgan fingerprint density at radius 2 is 1.79 bits per heavy atom. The number of benzene rings is 2. The summed E-state index contributed by atoms with van der Waals surface area (Å²) in [5.41, 5.74) is 1.44. The van der Waals surface area contributed by atoms with E-state index in [0.717, 1.165) is 5.56 Å². The lowest BCUT2D eigenvalue weighted by Crippen LogP contribution is -2.28. The van der Waals surface area contributed by atoms with E-state index in [-0.39, 0.29) is 5.69 Å². The summed E-state index contributed by atoms with van der Waals surface area (Å²) in [6, 6.07) is 9.96. The summed E-state index contributed by atoms with van der Waals surface area (Å²) in [6.45, 7) is 5.40. The van der Waals surface area contributed by atoms with Gasteiger partial charge in [-0.05, 0) is 49.8 Å². The van der Waals surface area contributed by atoms with Crippen molar-refractivity contribution >= 4 is 28.7 Å². The molecule has 2 aromatic carbocycles. The second-order valence-electron chi connectivity index (χ2n) is 5.60. The third kappa shape index (κ3) is 5.71. The first-order chi connectivity index (χ1) is 13.5. The van der Waals surface area contributed by atoms with E-state index in [1.807, 2.05) is 32.0 Å². The van der Waals surface area contributed by atoms with E-state index in [9.17, 15) is 10.1 Å². The Bertz CT molecular complexity index is 844. The van der Waals surface area contributed by atoms with Crippen molar-refractivity contribution in [2.24, 2.45) is 0 Å². The molecule has 0 heterocycles. The first kappa shape index (κ1) is 21.2. The lowest BCUT2D eigenvalue weighted by atomic mass is 10.2. The van der Waals surface area contributed by atoms with E-state index in [0.29, 0.717) is 47.8 Å². The number of thiocarbonyl (C=S) groups is 1. The highest BCUT2D eigenvalue weighted by atomic mass is 32.1. The van der Waals surface area contributed by atoms with Gasteiger partial charge in [0.15, 0.2) is 16.6 Å². The van der Waals surface area contributed by atoms with Crippen molar-refractivity contribution in [3.05, 3.63) is 52.1 Å². The molecule has 2 aromatic rings. The number of anilines is 1. The van der Waals surface area contributed by atoms with Crippen LogP contribution in [0.4, 0.5) is 11.4 Å². The number of ether oxygens (including phenoxy) is 3. The molecular weight excluding hydrogens is 382 g/mol. The number of nitro benzene ring substituents is 1. The molecule has 0 aromatic heterocycles. The molecule has 0 saturated heterocycles.